The first-order valence-corrected chi connectivity index (χ1v) is 6.96. The van der Waals surface area contributed by atoms with E-state index < -0.39 is 0 Å². The van der Waals surface area contributed by atoms with Gasteiger partial charge in [-0.15, -0.1) is 0 Å². The fourth-order valence-corrected chi connectivity index (χ4v) is 2.73. The van der Waals surface area contributed by atoms with Crippen LogP contribution >= 0.6 is 27.3 Å². The molecular formula is C13H14BrNS. The molecule has 16 heavy (non-hydrogen) atoms. The lowest BCUT2D eigenvalue weighted by atomic mass is 10.1. The van der Waals surface area contributed by atoms with E-state index in [1.165, 1.54) is 11.1 Å². The lowest BCUT2D eigenvalue weighted by molar-refractivity contribution is 0.889. The first-order valence-electron chi connectivity index (χ1n) is 5.22. The third-order valence-electron chi connectivity index (χ3n) is 2.61. The molecule has 1 aromatic carbocycles. The summed E-state index contributed by atoms with van der Waals surface area (Å²) >= 11 is 5.35. The quantitative estimate of drug-likeness (QED) is 0.841. The third kappa shape index (κ3) is 2.47. The van der Waals surface area contributed by atoms with Gasteiger partial charge in [-0.05, 0) is 63.8 Å². The van der Waals surface area contributed by atoms with Crippen molar-refractivity contribution in [3.8, 4) is 0 Å². The summed E-state index contributed by atoms with van der Waals surface area (Å²) in [4.78, 5) is 0. The van der Waals surface area contributed by atoms with Crippen molar-refractivity contribution in [2.45, 2.75) is 19.9 Å². The highest BCUT2D eigenvalue weighted by Gasteiger charge is 2.08. The fourth-order valence-electron chi connectivity index (χ4n) is 1.60. The second kappa shape index (κ2) is 5.02. The van der Waals surface area contributed by atoms with Crippen LogP contribution in [0.1, 0.15) is 24.1 Å². The maximum Gasteiger partial charge on any atom is 0.0494 e. The Bertz CT molecular complexity index is 465. The van der Waals surface area contributed by atoms with Crippen molar-refractivity contribution >= 4 is 33.0 Å². The van der Waals surface area contributed by atoms with Crippen LogP contribution in [0, 0.1) is 6.92 Å². The molecule has 0 amide bonds. The number of thiophene rings is 1. The Balaban J connectivity index is 2.18. The number of hydrogen-bond acceptors (Lipinski definition) is 2. The van der Waals surface area contributed by atoms with Gasteiger partial charge >= 0.3 is 0 Å². The Morgan fingerprint density at radius 2 is 2.12 bits per heavy atom. The SMILES string of the molecule is Cc1cccc(NC(C)c2ccsc2)c1Br. The van der Waals surface area contributed by atoms with Crippen molar-refractivity contribution in [1.82, 2.24) is 0 Å². The Morgan fingerprint density at radius 1 is 1.31 bits per heavy atom. The van der Waals surface area contributed by atoms with Crippen LogP contribution in [-0.2, 0) is 0 Å². The summed E-state index contributed by atoms with van der Waals surface area (Å²) in [6.07, 6.45) is 0. The van der Waals surface area contributed by atoms with Gasteiger partial charge in [-0.25, -0.2) is 0 Å². The smallest absolute Gasteiger partial charge is 0.0494 e. The predicted octanol–water partition coefficient (Wildman–Crippen LogP) is 4.99. The van der Waals surface area contributed by atoms with Crippen molar-refractivity contribution in [3.05, 3.63) is 50.6 Å². The standard InChI is InChI=1S/C13H14BrNS/c1-9-4-3-5-12(13(9)14)15-10(2)11-6-7-16-8-11/h3-8,10,15H,1-2H3. The molecule has 2 aromatic rings. The number of halogens is 1. The maximum atomic E-state index is 3.61. The van der Waals surface area contributed by atoms with Crippen LogP contribution in [0.2, 0.25) is 0 Å². The van der Waals surface area contributed by atoms with Crippen molar-refractivity contribution in [2.24, 2.45) is 0 Å². The summed E-state index contributed by atoms with van der Waals surface area (Å²) in [5.41, 5.74) is 3.74. The van der Waals surface area contributed by atoms with E-state index in [2.05, 4.69) is 70.1 Å². The molecule has 84 valence electrons. The molecule has 1 aromatic heterocycles. The summed E-state index contributed by atoms with van der Waals surface area (Å²) in [6.45, 7) is 4.28. The molecule has 1 atom stereocenters. The van der Waals surface area contributed by atoms with Gasteiger partial charge in [-0.2, -0.15) is 11.3 Å². The zero-order chi connectivity index (χ0) is 11.5. The van der Waals surface area contributed by atoms with E-state index in [0.29, 0.717) is 6.04 Å². The summed E-state index contributed by atoms with van der Waals surface area (Å²) in [6, 6.07) is 8.77. The molecule has 0 aliphatic heterocycles. The van der Waals surface area contributed by atoms with Crippen molar-refractivity contribution in [3.63, 3.8) is 0 Å². The summed E-state index contributed by atoms with van der Waals surface area (Å²) in [7, 11) is 0. The van der Waals surface area contributed by atoms with Crippen molar-refractivity contribution in [2.75, 3.05) is 5.32 Å². The van der Waals surface area contributed by atoms with E-state index in [4.69, 9.17) is 0 Å². The summed E-state index contributed by atoms with van der Waals surface area (Å²) < 4.78 is 1.15. The minimum Gasteiger partial charge on any atom is -0.378 e. The minimum atomic E-state index is 0.337. The highest BCUT2D eigenvalue weighted by molar-refractivity contribution is 9.10. The fraction of sp³-hybridized carbons (Fsp3) is 0.231. The summed E-state index contributed by atoms with van der Waals surface area (Å²) in [5, 5.41) is 7.81. The van der Waals surface area contributed by atoms with Crippen LogP contribution in [0.4, 0.5) is 5.69 Å². The molecule has 1 unspecified atom stereocenters. The van der Waals surface area contributed by atoms with Gasteiger partial charge in [0, 0.05) is 16.2 Å². The van der Waals surface area contributed by atoms with Crippen LogP contribution in [0.5, 0.6) is 0 Å². The van der Waals surface area contributed by atoms with E-state index in [9.17, 15) is 0 Å². The molecular weight excluding hydrogens is 282 g/mol. The highest BCUT2D eigenvalue weighted by Crippen LogP contribution is 2.29. The molecule has 1 N–H and O–H groups in total. The van der Waals surface area contributed by atoms with Crippen molar-refractivity contribution < 1.29 is 0 Å². The van der Waals surface area contributed by atoms with E-state index in [1.54, 1.807) is 11.3 Å². The molecule has 1 heterocycles. The van der Waals surface area contributed by atoms with Crippen molar-refractivity contribution in [1.29, 1.82) is 0 Å². The number of rotatable bonds is 3. The number of nitrogens with one attached hydrogen (secondary N) is 1. The highest BCUT2D eigenvalue weighted by atomic mass is 79.9. The maximum absolute atomic E-state index is 3.61. The van der Waals surface area contributed by atoms with Crippen LogP contribution in [0.3, 0.4) is 0 Å². The molecule has 0 aliphatic rings. The van der Waals surface area contributed by atoms with Gasteiger partial charge in [0.15, 0.2) is 0 Å². The minimum absolute atomic E-state index is 0.337. The van der Waals surface area contributed by atoms with Gasteiger partial charge in [-0.3, -0.25) is 0 Å². The van der Waals surface area contributed by atoms with Gasteiger partial charge in [0.1, 0.15) is 0 Å². The molecule has 0 saturated heterocycles. The van der Waals surface area contributed by atoms with Crippen LogP contribution < -0.4 is 5.32 Å². The molecule has 0 fully saturated rings. The van der Waals surface area contributed by atoms with Crippen LogP contribution in [0.25, 0.3) is 0 Å². The average molecular weight is 296 g/mol. The van der Waals surface area contributed by atoms with E-state index in [-0.39, 0.29) is 0 Å². The summed E-state index contributed by atoms with van der Waals surface area (Å²) in [5.74, 6) is 0. The Labute approximate surface area is 109 Å². The molecule has 0 spiro atoms. The molecule has 0 aliphatic carbocycles. The van der Waals surface area contributed by atoms with Crippen LogP contribution in [0.15, 0.2) is 39.5 Å². The van der Waals surface area contributed by atoms with Gasteiger partial charge in [0.25, 0.3) is 0 Å². The Hall–Kier alpha value is -0.800. The van der Waals surface area contributed by atoms with Gasteiger partial charge in [0.05, 0.1) is 0 Å². The Kier molecular flexibility index (Phi) is 3.66. The number of hydrogen-bond donors (Lipinski definition) is 1. The first-order chi connectivity index (χ1) is 7.68. The van der Waals surface area contributed by atoms with E-state index >= 15 is 0 Å². The largest absolute Gasteiger partial charge is 0.378 e. The van der Waals surface area contributed by atoms with E-state index in [0.717, 1.165) is 10.2 Å². The zero-order valence-corrected chi connectivity index (χ0v) is 11.7. The number of benzene rings is 1. The zero-order valence-electron chi connectivity index (χ0n) is 9.33. The normalized spacial score (nSPS) is 12.4. The monoisotopic (exact) mass is 295 g/mol. The third-order valence-corrected chi connectivity index (χ3v) is 4.36. The molecule has 1 nitrogen and oxygen atoms in total. The first kappa shape index (κ1) is 11.7. The molecule has 3 heteroatoms. The molecule has 2 rings (SSSR count). The molecule has 0 radical (unpaired) electrons. The lowest BCUT2D eigenvalue weighted by Gasteiger charge is -2.16. The van der Waals surface area contributed by atoms with Gasteiger partial charge in [0.2, 0.25) is 0 Å². The number of aryl methyl sites for hydroxylation is 1. The van der Waals surface area contributed by atoms with Gasteiger partial charge in [-0.1, -0.05) is 12.1 Å². The second-order valence-electron chi connectivity index (χ2n) is 3.86. The van der Waals surface area contributed by atoms with Gasteiger partial charge < -0.3 is 5.32 Å². The average Bonchev–Trinajstić information content (AvgIpc) is 2.78. The molecule has 0 saturated carbocycles. The Morgan fingerprint density at radius 3 is 2.81 bits per heavy atom. The predicted molar refractivity (Wildman–Crippen MR) is 75.2 cm³/mol. The lowest BCUT2D eigenvalue weighted by Crippen LogP contribution is -2.06. The molecule has 0 bridgehead atoms. The topological polar surface area (TPSA) is 12.0 Å². The second-order valence-corrected chi connectivity index (χ2v) is 5.43. The van der Waals surface area contributed by atoms with E-state index in [1.807, 2.05) is 0 Å². The van der Waals surface area contributed by atoms with Crippen LogP contribution in [-0.4, -0.2) is 0 Å². The number of anilines is 1.